The number of anilines is 1. The molecule has 0 aromatic heterocycles. The predicted octanol–water partition coefficient (Wildman–Crippen LogP) is 4.13. The minimum Gasteiger partial charge on any atom is -0.481 e. The van der Waals surface area contributed by atoms with Crippen molar-refractivity contribution < 1.29 is 19.1 Å². The Labute approximate surface area is 163 Å². The van der Waals surface area contributed by atoms with Crippen LogP contribution >= 0.6 is 11.6 Å². The number of nitrogens with one attached hydrogen (secondary N) is 1. The number of urea groups is 1. The topological polar surface area (TPSA) is 60.0 Å². The smallest absolute Gasteiger partial charge is 0.345 e. The summed E-state index contributed by atoms with van der Waals surface area (Å²) < 4.78 is 11.1. The van der Waals surface area contributed by atoms with Gasteiger partial charge in [0.05, 0.1) is 7.11 Å². The lowest BCUT2D eigenvalue weighted by molar-refractivity contribution is -0.0598. The maximum Gasteiger partial charge on any atom is 0.345 e. The number of carbonyl (C=O) groups is 1. The molecule has 142 valence electrons. The molecule has 0 spiro atoms. The number of rotatable bonds is 6. The number of amides is 2. The van der Waals surface area contributed by atoms with Crippen LogP contribution in [0.25, 0.3) is 0 Å². The molecule has 2 aromatic carbocycles. The van der Waals surface area contributed by atoms with E-state index in [2.05, 4.69) is 17.2 Å². The first-order chi connectivity index (χ1) is 13.0. The van der Waals surface area contributed by atoms with Gasteiger partial charge in [0.15, 0.2) is 0 Å². The van der Waals surface area contributed by atoms with E-state index in [0.29, 0.717) is 16.5 Å². The molecule has 0 saturated carbocycles. The third-order valence-electron chi connectivity index (χ3n) is 3.54. The van der Waals surface area contributed by atoms with Gasteiger partial charge in [0.25, 0.3) is 0 Å². The van der Waals surface area contributed by atoms with E-state index in [9.17, 15) is 4.79 Å². The summed E-state index contributed by atoms with van der Waals surface area (Å²) in [6, 6.07) is 12.1. The number of benzene rings is 2. The highest BCUT2D eigenvalue weighted by atomic mass is 35.5. The number of aryl methyl sites for hydroxylation is 1. The third-order valence-corrected chi connectivity index (χ3v) is 3.97. The van der Waals surface area contributed by atoms with Gasteiger partial charge in [-0.15, -0.1) is 0 Å². The molecule has 0 aliphatic rings. The van der Waals surface area contributed by atoms with Crippen molar-refractivity contribution in [2.24, 2.45) is 0 Å². The number of hydroxylamine groups is 2. The highest BCUT2D eigenvalue weighted by Gasteiger charge is 2.07. The van der Waals surface area contributed by atoms with E-state index in [0.717, 1.165) is 16.4 Å². The Kier molecular flexibility index (Phi) is 7.80. The summed E-state index contributed by atoms with van der Waals surface area (Å²) in [4.78, 5) is 16.5. The first-order valence-corrected chi connectivity index (χ1v) is 8.53. The van der Waals surface area contributed by atoms with Gasteiger partial charge in [0.2, 0.25) is 0 Å². The maximum absolute atomic E-state index is 11.7. The van der Waals surface area contributed by atoms with Gasteiger partial charge in [-0.1, -0.05) is 23.4 Å². The fraction of sp³-hybridized carbons (Fsp3) is 0.250. The van der Waals surface area contributed by atoms with Crippen LogP contribution in [0.4, 0.5) is 10.5 Å². The normalized spacial score (nSPS) is 9.78. The van der Waals surface area contributed by atoms with Gasteiger partial charge >= 0.3 is 6.03 Å². The molecule has 6 nitrogen and oxygen atoms in total. The second-order valence-electron chi connectivity index (χ2n) is 5.48. The van der Waals surface area contributed by atoms with Crippen LogP contribution in [0.1, 0.15) is 5.56 Å². The van der Waals surface area contributed by atoms with Crippen molar-refractivity contribution in [1.29, 1.82) is 0 Å². The molecule has 0 radical (unpaired) electrons. The first kappa shape index (κ1) is 20.4. The van der Waals surface area contributed by atoms with Crippen molar-refractivity contribution in [3.63, 3.8) is 0 Å². The molecule has 0 fully saturated rings. The van der Waals surface area contributed by atoms with E-state index in [4.69, 9.17) is 25.9 Å². The van der Waals surface area contributed by atoms with Crippen LogP contribution in [-0.2, 0) is 4.84 Å². The average molecular weight is 389 g/mol. The lowest BCUT2D eigenvalue weighted by Crippen LogP contribution is -2.30. The van der Waals surface area contributed by atoms with E-state index >= 15 is 0 Å². The molecule has 0 aliphatic heterocycles. The second-order valence-corrected chi connectivity index (χ2v) is 5.88. The number of halogens is 1. The second kappa shape index (κ2) is 10.3. The lowest BCUT2D eigenvalue weighted by Gasteiger charge is -2.14. The van der Waals surface area contributed by atoms with Crippen molar-refractivity contribution in [2.45, 2.75) is 6.92 Å². The molecule has 0 bridgehead atoms. The maximum atomic E-state index is 11.7. The molecule has 2 rings (SSSR count). The molecule has 0 saturated heterocycles. The van der Waals surface area contributed by atoms with Gasteiger partial charge in [0, 0.05) is 17.8 Å². The van der Waals surface area contributed by atoms with E-state index < -0.39 is 0 Å². The summed E-state index contributed by atoms with van der Waals surface area (Å²) in [6.07, 6.45) is 0. The Balaban J connectivity index is 1.73. The van der Waals surface area contributed by atoms with Crippen molar-refractivity contribution in [2.75, 3.05) is 32.7 Å². The summed E-state index contributed by atoms with van der Waals surface area (Å²) >= 11 is 5.97. The molecule has 7 heteroatoms. The zero-order valence-electron chi connectivity index (χ0n) is 15.4. The van der Waals surface area contributed by atoms with Crippen LogP contribution in [0.2, 0.25) is 5.02 Å². The Hall–Kier alpha value is -2.88. The van der Waals surface area contributed by atoms with Crippen molar-refractivity contribution >= 4 is 23.3 Å². The summed E-state index contributed by atoms with van der Waals surface area (Å²) in [7, 11) is 2.93. The monoisotopic (exact) mass is 388 g/mol. The molecule has 0 aliphatic carbocycles. The molecular formula is C20H21ClN2O4. The summed E-state index contributed by atoms with van der Waals surface area (Å²) in [5.41, 5.74) is 1.59. The van der Waals surface area contributed by atoms with Crippen LogP contribution in [0.3, 0.4) is 0 Å². The fourth-order valence-corrected chi connectivity index (χ4v) is 2.09. The van der Waals surface area contributed by atoms with Crippen LogP contribution < -0.4 is 14.8 Å². The van der Waals surface area contributed by atoms with E-state index in [1.807, 2.05) is 13.0 Å². The largest absolute Gasteiger partial charge is 0.481 e. The van der Waals surface area contributed by atoms with Crippen molar-refractivity contribution in [1.82, 2.24) is 5.06 Å². The summed E-state index contributed by atoms with van der Waals surface area (Å²) in [6.45, 7) is 2.42. The van der Waals surface area contributed by atoms with Crippen LogP contribution in [0, 0.1) is 18.8 Å². The Morgan fingerprint density at radius 1 is 1.07 bits per heavy atom. The number of hydrogen-bond donors (Lipinski definition) is 1. The molecule has 0 heterocycles. The quantitative estimate of drug-likeness (QED) is 0.597. The molecule has 1 N–H and O–H groups in total. The Morgan fingerprint density at radius 2 is 1.67 bits per heavy atom. The summed E-state index contributed by atoms with van der Waals surface area (Å²) in [5, 5.41) is 4.48. The molecule has 27 heavy (non-hydrogen) atoms. The average Bonchev–Trinajstić information content (AvgIpc) is 2.67. The lowest BCUT2D eigenvalue weighted by atomic mass is 10.2. The van der Waals surface area contributed by atoms with Gasteiger partial charge in [-0.3, -0.25) is 4.84 Å². The highest BCUT2D eigenvalue weighted by Crippen LogP contribution is 2.20. The molecular weight excluding hydrogens is 368 g/mol. The van der Waals surface area contributed by atoms with E-state index in [1.54, 1.807) is 36.4 Å². The Morgan fingerprint density at radius 3 is 2.26 bits per heavy atom. The predicted molar refractivity (Wildman–Crippen MR) is 105 cm³/mol. The number of nitrogens with zero attached hydrogens (tertiary/aromatic N) is 1. The standard InChI is InChI=1S/C20H21ClN2O4/c1-15-14-18(10-11-19(15)21)27-13-5-4-12-26-17-8-6-16(7-9-17)22-20(24)23(2)25-3/h6-11,14H,12-13H2,1-3H3,(H,22,24). The van der Waals surface area contributed by atoms with Gasteiger partial charge < -0.3 is 14.8 Å². The fourth-order valence-electron chi connectivity index (χ4n) is 1.97. The zero-order chi connectivity index (χ0) is 19.6. The van der Waals surface area contributed by atoms with Gasteiger partial charge in [-0.25, -0.2) is 9.86 Å². The summed E-state index contributed by atoms with van der Waals surface area (Å²) in [5.74, 6) is 7.15. The zero-order valence-corrected chi connectivity index (χ0v) is 16.2. The Bertz CT molecular complexity index is 828. The number of carbonyl (C=O) groups excluding carboxylic acids is 1. The van der Waals surface area contributed by atoms with Crippen LogP contribution in [0.5, 0.6) is 11.5 Å². The molecule has 0 unspecified atom stereocenters. The van der Waals surface area contributed by atoms with Crippen molar-refractivity contribution in [3.8, 4) is 23.3 Å². The van der Waals surface area contributed by atoms with Crippen LogP contribution in [-0.4, -0.2) is 38.5 Å². The van der Waals surface area contributed by atoms with Crippen LogP contribution in [0.15, 0.2) is 42.5 Å². The van der Waals surface area contributed by atoms with Gasteiger partial charge in [0.1, 0.15) is 24.7 Å². The number of ether oxygens (including phenoxy) is 2. The minimum absolute atomic E-state index is 0.237. The minimum atomic E-state index is -0.368. The molecule has 2 amide bonds. The SMILES string of the molecule is CON(C)C(=O)Nc1ccc(OCC#CCOc2ccc(Cl)c(C)c2)cc1. The van der Waals surface area contributed by atoms with E-state index in [-0.39, 0.29) is 19.2 Å². The molecule has 2 aromatic rings. The van der Waals surface area contributed by atoms with E-state index in [1.165, 1.54) is 14.2 Å². The molecule has 0 atom stereocenters. The van der Waals surface area contributed by atoms with Gasteiger partial charge in [-0.2, -0.15) is 0 Å². The first-order valence-electron chi connectivity index (χ1n) is 8.16. The van der Waals surface area contributed by atoms with Gasteiger partial charge in [-0.05, 0) is 55.0 Å². The third kappa shape index (κ3) is 6.74. The highest BCUT2D eigenvalue weighted by molar-refractivity contribution is 6.31. The number of hydrogen-bond acceptors (Lipinski definition) is 4. The van der Waals surface area contributed by atoms with Crippen molar-refractivity contribution in [3.05, 3.63) is 53.1 Å².